The Hall–Kier alpha value is -2.50. The maximum absolute atomic E-state index is 12.2. The fourth-order valence-electron chi connectivity index (χ4n) is 2.26. The molecule has 0 bridgehead atoms. The van der Waals surface area contributed by atoms with Crippen LogP contribution in [0.3, 0.4) is 0 Å². The molecule has 6 heteroatoms. The summed E-state index contributed by atoms with van der Waals surface area (Å²) in [7, 11) is 0.570. The van der Waals surface area contributed by atoms with Crippen molar-refractivity contribution in [1.29, 1.82) is 0 Å². The third-order valence-corrected chi connectivity index (χ3v) is 3.28. The lowest BCUT2D eigenvalue weighted by Crippen LogP contribution is -2.09. The van der Waals surface area contributed by atoms with E-state index in [9.17, 15) is 18.2 Å². The Morgan fingerprint density at radius 2 is 1.38 bits per heavy atom. The van der Waals surface area contributed by atoms with Crippen LogP contribution in [0.2, 0.25) is 0 Å². The first kappa shape index (κ1) is 19.6. The van der Waals surface area contributed by atoms with Gasteiger partial charge in [-0.25, -0.2) is 0 Å². The van der Waals surface area contributed by atoms with E-state index in [4.69, 9.17) is 4.74 Å². The normalized spacial score (nSPS) is 9.54. The van der Waals surface area contributed by atoms with Gasteiger partial charge in [-0.1, -0.05) is 17.2 Å². The molecule has 0 spiro atoms. The van der Waals surface area contributed by atoms with Gasteiger partial charge in [0.05, 0.1) is 13.5 Å². The smallest absolute Gasteiger partial charge is 0.497 e. The highest BCUT2D eigenvalue weighted by Crippen LogP contribution is 2.15. The lowest BCUT2D eigenvalue weighted by molar-refractivity contribution is 0.0894. The van der Waals surface area contributed by atoms with E-state index in [2.05, 4.69) is 0 Å². The quantitative estimate of drug-likeness (QED) is 0.468. The summed E-state index contributed by atoms with van der Waals surface area (Å²) < 4.78 is 24.0. The topological polar surface area (TPSA) is 43.4 Å². The van der Waals surface area contributed by atoms with Crippen molar-refractivity contribution in [3.05, 3.63) is 64.7 Å². The Labute approximate surface area is 141 Å². The molecular weight excluding hydrogens is 313 g/mol. The molecule has 0 N–H and O–H groups in total. The van der Waals surface area contributed by atoms with Crippen LogP contribution in [0.1, 0.15) is 38.3 Å². The molecule has 0 saturated carbocycles. The van der Waals surface area contributed by atoms with Gasteiger partial charge in [0.1, 0.15) is 5.75 Å². The number of aryl methyl sites for hydroxylation is 2. The number of ketones is 2. The summed E-state index contributed by atoms with van der Waals surface area (Å²) in [5.41, 5.74) is 3.16. The fraction of sp³-hybridized carbons (Fsp3) is 0.222. The van der Waals surface area contributed by atoms with Crippen LogP contribution >= 0.6 is 0 Å². The summed E-state index contributed by atoms with van der Waals surface area (Å²) in [6.07, 6.45) is -0.116. The number of carbonyl (C=O) groups excluding carboxylic acids is 2. The molecule has 0 aliphatic carbocycles. The van der Waals surface area contributed by atoms with E-state index >= 15 is 0 Å². The van der Waals surface area contributed by atoms with Gasteiger partial charge in [-0.15, -0.1) is 0 Å². The highest BCUT2D eigenvalue weighted by atomic mass is 19.2. The first-order valence-corrected chi connectivity index (χ1v) is 7.22. The summed E-state index contributed by atoms with van der Waals surface area (Å²) in [6.45, 7) is 3.88. The summed E-state index contributed by atoms with van der Waals surface area (Å²) in [6, 6.07) is 12.4. The highest BCUT2D eigenvalue weighted by molar-refractivity contribution is 6.15. The molecule has 0 heterocycles. The highest BCUT2D eigenvalue weighted by Gasteiger charge is 2.14. The Bertz CT molecular complexity index is 680. The van der Waals surface area contributed by atoms with Crippen molar-refractivity contribution in [1.82, 2.24) is 0 Å². The van der Waals surface area contributed by atoms with Gasteiger partial charge in [0.2, 0.25) is 0 Å². The molecule has 2 rings (SSSR count). The summed E-state index contributed by atoms with van der Waals surface area (Å²) in [5, 5.41) is 0. The third-order valence-electron chi connectivity index (χ3n) is 3.28. The van der Waals surface area contributed by atoms with E-state index in [-0.39, 0.29) is 18.0 Å². The number of hydrogen-bond acceptors (Lipinski definition) is 3. The van der Waals surface area contributed by atoms with Crippen LogP contribution < -0.4 is 4.74 Å². The second kappa shape index (κ2) is 9.60. The number of hydrogen-bond donors (Lipinski definition) is 0. The standard InChI is InChI=1S/C18H18O3.BF2/c1-12-8-13(2)10-15(9-12)18(20)11-17(19)14-4-6-16(21-3)7-5-14;2-1-3/h4-10H,11H2,1-3H3;. The van der Waals surface area contributed by atoms with E-state index in [1.807, 2.05) is 32.0 Å². The van der Waals surface area contributed by atoms with Gasteiger partial charge in [-0.2, -0.15) is 0 Å². The van der Waals surface area contributed by atoms with Crippen LogP contribution in [0, 0.1) is 13.8 Å². The molecule has 2 aromatic rings. The van der Waals surface area contributed by atoms with Gasteiger partial charge < -0.3 is 4.74 Å². The predicted molar refractivity (Wildman–Crippen MR) is 90.2 cm³/mol. The Kier molecular flexibility index (Phi) is 7.82. The van der Waals surface area contributed by atoms with E-state index in [1.54, 1.807) is 31.4 Å². The zero-order chi connectivity index (χ0) is 18.1. The van der Waals surface area contributed by atoms with Crippen molar-refractivity contribution in [3.8, 4) is 5.75 Å². The SMILES string of the molecule is COc1ccc(C(=O)CC(=O)c2cc(C)cc(C)c2)cc1.F[B]F. The molecule has 0 aromatic heterocycles. The second-order valence-corrected chi connectivity index (χ2v) is 5.21. The molecule has 0 unspecified atom stereocenters. The van der Waals surface area contributed by atoms with Crippen molar-refractivity contribution in [2.24, 2.45) is 0 Å². The third kappa shape index (κ3) is 5.95. The molecule has 1 radical (unpaired) electrons. The molecule has 2 aromatic carbocycles. The maximum atomic E-state index is 12.2. The van der Waals surface area contributed by atoms with Gasteiger partial charge in [0.25, 0.3) is 0 Å². The molecule has 24 heavy (non-hydrogen) atoms. The first-order chi connectivity index (χ1) is 11.4. The first-order valence-electron chi connectivity index (χ1n) is 7.22. The molecule has 0 aliphatic rings. The van der Waals surface area contributed by atoms with Crippen molar-refractivity contribution in [3.63, 3.8) is 0 Å². The minimum atomic E-state index is -1.00. The van der Waals surface area contributed by atoms with Crippen LogP contribution in [-0.4, -0.2) is 26.5 Å². The van der Waals surface area contributed by atoms with Gasteiger partial charge in [0.15, 0.2) is 11.6 Å². The van der Waals surface area contributed by atoms with Crippen LogP contribution in [0.25, 0.3) is 0 Å². The number of carbonyl (C=O) groups is 2. The van der Waals surface area contributed by atoms with Gasteiger partial charge in [-0.3, -0.25) is 18.2 Å². The van der Waals surface area contributed by atoms with Crippen molar-refractivity contribution in [2.75, 3.05) is 7.11 Å². The Morgan fingerprint density at radius 1 is 0.917 bits per heavy atom. The van der Waals surface area contributed by atoms with Gasteiger partial charge in [-0.05, 0) is 50.2 Å². The maximum Gasteiger partial charge on any atom is 0.577 e. The second-order valence-electron chi connectivity index (χ2n) is 5.21. The van der Waals surface area contributed by atoms with Crippen LogP contribution in [0.4, 0.5) is 8.63 Å². The lowest BCUT2D eigenvalue weighted by Gasteiger charge is -2.05. The number of Topliss-reactive ketones (excluding diaryl/α,β-unsaturated/α-hetero) is 2. The van der Waals surface area contributed by atoms with E-state index < -0.39 is 7.83 Å². The van der Waals surface area contributed by atoms with Crippen LogP contribution in [0.15, 0.2) is 42.5 Å². The number of benzene rings is 2. The van der Waals surface area contributed by atoms with E-state index in [1.165, 1.54) is 0 Å². The zero-order valence-electron chi connectivity index (χ0n) is 13.8. The Morgan fingerprint density at radius 3 is 1.83 bits per heavy atom. The molecule has 0 fully saturated rings. The van der Waals surface area contributed by atoms with Gasteiger partial charge in [0, 0.05) is 11.1 Å². The molecule has 125 valence electrons. The molecule has 0 aliphatic heterocycles. The largest absolute Gasteiger partial charge is 0.577 e. The summed E-state index contributed by atoms with van der Waals surface area (Å²) in [5.74, 6) is 0.358. The van der Waals surface area contributed by atoms with Crippen molar-refractivity contribution >= 4 is 19.4 Å². The van der Waals surface area contributed by atoms with E-state index in [0.29, 0.717) is 16.9 Å². The number of rotatable bonds is 5. The van der Waals surface area contributed by atoms with E-state index in [0.717, 1.165) is 11.1 Å². The number of methoxy groups -OCH3 is 1. The van der Waals surface area contributed by atoms with Crippen LogP contribution in [0.5, 0.6) is 5.75 Å². The molecule has 0 saturated heterocycles. The number of halogens is 2. The average molecular weight is 331 g/mol. The minimum absolute atomic E-state index is 0.116. The summed E-state index contributed by atoms with van der Waals surface area (Å²) >= 11 is 0. The lowest BCUT2D eigenvalue weighted by atomic mass is 9.99. The summed E-state index contributed by atoms with van der Waals surface area (Å²) in [4.78, 5) is 24.3. The van der Waals surface area contributed by atoms with Crippen molar-refractivity contribution in [2.45, 2.75) is 20.3 Å². The zero-order valence-corrected chi connectivity index (χ0v) is 13.8. The average Bonchev–Trinajstić information content (AvgIpc) is 2.54. The molecule has 0 atom stereocenters. The van der Waals surface area contributed by atoms with Crippen LogP contribution in [-0.2, 0) is 0 Å². The fourth-order valence-corrected chi connectivity index (χ4v) is 2.26. The monoisotopic (exact) mass is 331 g/mol. The van der Waals surface area contributed by atoms with Crippen molar-refractivity contribution < 1.29 is 23.0 Å². The number of ether oxygens (including phenoxy) is 1. The molecular formula is C18H18BF2O3. The predicted octanol–water partition coefficient (Wildman–Crippen LogP) is 4.23. The van der Waals surface area contributed by atoms with Gasteiger partial charge >= 0.3 is 7.83 Å². The Balaban J connectivity index is 0.000000891. The molecule has 3 nitrogen and oxygen atoms in total. The molecule has 0 amide bonds. The minimum Gasteiger partial charge on any atom is -0.497 e.